The molecule has 0 atom stereocenters. The number of hydrogen-bond donors (Lipinski definition) is 1. The fraction of sp³-hybridized carbons (Fsp3) is 0.867. The van der Waals surface area contributed by atoms with Gasteiger partial charge in [0.25, 0.3) is 0 Å². The van der Waals surface area contributed by atoms with E-state index in [0.29, 0.717) is 25.6 Å². The van der Waals surface area contributed by atoms with E-state index < -0.39 is 5.91 Å². The van der Waals surface area contributed by atoms with E-state index in [9.17, 15) is 9.59 Å². The number of nitrogens with one attached hydrogen (secondary N) is 1. The lowest BCUT2D eigenvalue weighted by molar-refractivity contribution is -0.146. The molecule has 20 heavy (non-hydrogen) atoms. The van der Waals surface area contributed by atoms with Crippen molar-refractivity contribution in [3.8, 4) is 0 Å². The van der Waals surface area contributed by atoms with Crippen LogP contribution in [0.2, 0.25) is 0 Å². The maximum absolute atomic E-state index is 11.9. The normalized spacial score (nSPS) is 16.5. The van der Waals surface area contributed by atoms with E-state index >= 15 is 0 Å². The Bertz CT molecular complexity index is 308. The van der Waals surface area contributed by atoms with E-state index in [1.807, 2.05) is 0 Å². The molecule has 0 radical (unpaired) electrons. The molecule has 0 bridgehead atoms. The van der Waals surface area contributed by atoms with Crippen molar-refractivity contribution in [2.24, 2.45) is 5.92 Å². The Hall–Kier alpha value is -1.10. The molecule has 1 saturated heterocycles. The standard InChI is InChI=1S/C15H29N3O2/c1-4-17(5-2)10-6-9-16-14(19)15(20)18-11-7-13(3)8-12-18/h13H,4-12H2,1-3H3,(H,16,19). The van der Waals surface area contributed by atoms with Gasteiger partial charge in [-0.15, -0.1) is 0 Å². The zero-order chi connectivity index (χ0) is 15.0. The second-order valence-electron chi connectivity index (χ2n) is 5.61. The van der Waals surface area contributed by atoms with Gasteiger partial charge in [0.05, 0.1) is 0 Å². The largest absolute Gasteiger partial charge is 0.348 e. The average molecular weight is 283 g/mol. The van der Waals surface area contributed by atoms with Crippen molar-refractivity contribution >= 4 is 11.8 Å². The van der Waals surface area contributed by atoms with Crippen molar-refractivity contribution < 1.29 is 9.59 Å². The molecule has 1 N–H and O–H groups in total. The highest BCUT2D eigenvalue weighted by Gasteiger charge is 2.24. The van der Waals surface area contributed by atoms with E-state index in [0.717, 1.165) is 38.9 Å². The first-order valence-corrected chi connectivity index (χ1v) is 7.87. The highest BCUT2D eigenvalue weighted by atomic mass is 16.2. The van der Waals surface area contributed by atoms with E-state index in [1.54, 1.807) is 4.90 Å². The second kappa shape index (κ2) is 8.95. The Morgan fingerprint density at radius 3 is 2.35 bits per heavy atom. The third-order valence-corrected chi connectivity index (χ3v) is 4.10. The summed E-state index contributed by atoms with van der Waals surface area (Å²) in [6.07, 6.45) is 2.89. The van der Waals surface area contributed by atoms with Crippen molar-refractivity contribution in [2.45, 2.75) is 40.0 Å². The van der Waals surface area contributed by atoms with Gasteiger partial charge in [-0.05, 0) is 44.8 Å². The van der Waals surface area contributed by atoms with Gasteiger partial charge in [0.15, 0.2) is 0 Å². The molecule has 0 aliphatic carbocycles. The lowest BCUT2D eigenvalue weighted by atomic mass is 9.99. The molecule has 1 fully saturated rings. The number of carbonyl (C=O) groups is 2. The quantitative estimate of drug-likeness (QED) is 0.586. The lowest BCUT2D eigenvalue weighted by Crippen LogP contribution is -2.46. The fourth-order valence-electron chi connectivity index (χ4n) is 2.48. The molecule has 116 valence electrons. The van der Waals surface area contributed by atoms with Gasteiger partial charge in [-0.25, -0.2) is 0 Å². The van der Waals surface area contributed by atoms with Gasteiger partial charge in [-0.2, -0.15) is 0 Å². The topological polar surface area (TPSA) is 52.7 Å². The third kappa shape index (κ3) is 5.49. The van der Waals surface area contributed by atoms with E-state index in [4.69, 9.17) is 0 Å². The lowest BCUT2D eigenvalue weighted by Gasteiger charge is -2.29. The summed E-state index contributed by atoms with van der Waals surface area (Å²) in [7, 11) is 0. The summed E-state index contributed by atoms with van der Waals surface area (Å²) in [6, 6.07) is 0. The molecule has 5 heteroatoms. The Labute approximate surface area is 122 Å². The van der Waals surface area contributed by atoms with E-state index in [-0.39, 0.29) is 5.91 Å². The van der Waals surface area contributed by atoms with Crippen LogP contribution < -0.4 is 5.32 Å². The van der Waals surface area contributed by atoms with Gasteiger partial charge in [-0.1, -0.05) is 20.8 Å². The molecule has 0 aromatic rings. The first-order valence-electron chi connectivity index (χ1n) is 7.87. The molecule has 0 unspecified atom stereocenters. The SMILES string of the molecule is CCN(CC)CCCNC(=O)C(=O)N1CCC(C)CC1. The predicted molar refractivity (Wildman–Crippen MR) is 80.4 cm³/mol. The van der Waals surface area contributed by atoms with Crippen LogP contribution in [0.15, 0.2) is 0 Å². The van der Waals surface area contributed by atoms with Crippen LogP contribution >= 0.6 is 0 Å². The minimum atomic E-state index is -0.445. The van der Waals surface area contributed by atoms with Crippen molar-refractivity contribution in [1.29, 1.82) is 0 Å². The van der Waals surface area contributed by atoms with Crippen molar-refractivity contribution in [1.82, 2.24) is 15.1 Å². The number of amides is 2. The summed E-state index contributed by atoms with van der Waals surface area (Å²) >= 11 is 0. The Balaban J connectivity index is 2.20. The molecule has 0 aromatic heterocycles. The van der Waals surface area contributed by atoms with E-state index in [1.165, 1.54) is 0 Å². The highest BCUT2D eigenvalue weighted by Crippen LogP contribution is 2.15. The molecular weight excluding hydrogens is 254 g/mol. The van der Waals surface area contributed by atoms with E-state index in [2.05, 4.69) is 31.0 Å². The van der Waals surface area contributed by atoms with Crippen LogP contribution in [0.3, 0.4) is 0 Å². The third-order valence-electron chi connectivity index (χ3n) is 4.10. The monoisotopic (exact) mass is 283 g/mol. The molecule has 0 aromatic carbocycles. The highest BCUT2D eigenvalue weighted by molar-refractivity contribution is 6.35. The predicted octanol–water partition coefficient (Wildman–Crippen LogP) is 1.09. The van der Waals surface area contributed by atoms with Gasteiger partial charge < -0.3 is 15.1 Å². The zero-order valence-corrected chi connectivity index (χ0v) is 13.2. The Kier molecular flexibility index (Phi) is 7.59. The minimum Gasteiger partial charge on any atom is -0.348 e. The maximum Gasteiger partial charge on any atom is 0.311 e. The number of hydrogen-bond acceptors (Lipinski definition) is 3. The number of nitrogens with zero attached hydrogens (tertiary/aromatic N) is 2. The Morgan fingerprint density at radius 1 is 1.20 bits per heavy atom. The molecular formula is C15H29N3O2. The number of piperidine rings is 1. The van der Waals surface area contributed by atoms with Gasteiger partial charge in [-0.3, -0.25) is 9.59 Å². The zero-order valence-electron chi connectivity index (χ0n) is 13.2. The van der Waals surface area contributed by atoms with Crippen LogP contribution in [-0.4, -0.2) is 60.9 Å². The van der Waals surface area contributed by atoms with Crippen LogP contribution in [0.4, 0.5) is 0 Å². The van der Waals surface area contributed by atoms with Gasteiger partial charge in [0, 0.05) is 19.6 Å². The summed E-state index contributed by atoms with van der Waals surface area (Å²) in [5.41, 5.74) is 0. The summed E-state index contributed by atoms with van der Waals surface area (Å²) in [5.74, 6) is -0.143. The first kappa shape index (κ1) is 17.0. The molecule has 1 rings (SSSR count). The minimum absolute atomic E-state index is 0.361. The van der Waals surface area contributed by atoms with Crippen LogP contribution in [0, 0.1) is 5.92 Å². The van der Waals surface area contributed by atoms with Crippen molar-refractivity contribution in [2.75, 3.05) is 39.3 Å². The number of rotatable bonds is 6. The molecule has 5 nitrogen and oxygen atoms in total. The smallest absolute Gasteiger partial charge is 0.311 e. The molecule has 1 aliphatic heterocycles. The molecule has 2 amide bonds. The molecule has 1 heterocycles. The second-order valence-corrected chi connectivity index (χ2v) is 5.61. The van der Waals surface area contributed by atoms with Crippen LogP contribution in [0.1, 0.15) is 40.0 Å². The number of likely N-dealkylation sites (tertiary alicyclic amines) is 1. The van der Waals surface area contributed by atoms with Gasteiger partial charge in [0.1, 0.15) is 0 Å². The summed E-state index contributed by atoms with van der Waals surface area (Å²) in [6.45, 7) is 11.5. The van der Waals surface area contributed by atoms with Crippen molar-refractivity contribution in [3.63, 3.8) is 0 Å². The summed E-state index contributed by atoms with van der Waals surface area (Å²) in [4.78, 5) is 27.7. The molecule has 0 spiro atoms. The first-order chi connectivity index (χ1) is 9.58. The Morgan fingerprint density at radius 2 is 1.80 bits per heavy atom. The van der Waals surface area contributed by atoms with Gasteiger partial charge in [0.2, 0.25) is 0 Å². The van der Waals surface area contributed by atoms with Crippen LogP contribution in [-0.2, 0) is 9.59 Å². The molecule has 1 aliphatic rings. The number of carbonyl (C=O) groups excluding carboxylic acids is 2. The van der Waals surface area contributed by atoms with Crippen molar-refractivity contribution in [3.05, 3.63) is 0 Å². The van der Waals surface area contributed by atoms with Crippen LogP contribution in [0.25, 0.3) is 0 Å². The van der Waals surface area contributed by atoms with Gasteiger partial charge >= 0.3 is 11.8 Å². The maximum atomic E-state index is 11.9. The van der Waals surface area contributed by atoms with Crippen LogP contribution in [0.5, 0.6) is 0 Å². The summed E-state index contributed by atoms with van der Waals surface area (Å²) in [5, 5.41) is 2.74. The fourth-order valence-corrected chi connectivity index (χ4v) is 2.48. The average Bonchev–Trinajstić information content (AvgIpc) is 2.47. The molecule has 0 saturated carbocycles. The summed E-state index contributed by atoms with van der Waals surface area (Å²) < 4.78 is 0.